The number of carbonyl (C=O) groups excluding carboxylic acids is 3. The molecule has 0 radical (unpaired) electrons. The van der Waals surface area contributed by atoms with E-state index in [-0.39, 0.29) is 13.0 Å². The van der Waals surface area contributed by atoms with E-state index < -0.39 is 160 Å². The molecule has 0 aliphatic carbocycles. The van der Waals surface area contributed by atoms with Crippen molar-refractivity contribution in [1.29, 1.82) is 0 Å². The van der Waals surface area contributed by atoms with E-state index in [2.05, 4.69) is 15.2 Å². The van der Waals surface area contributed by atoms with E-state index in [0.29, 0.717) is 0 Å². The first-order valence-corrected chi connectivity index (χ1v) is 21.8. The largest absolute Gasteiger partial charge is 0.756 e. The van der Waals surface area contributed by atoms with Gasteiger partial charge in [-0.25, -0.2) is 0 Å². The zero-order chi connectivity index (χ0) is 44.6. The molecule has 0 aromatic carbocycles. The van der Waals surface area contributed by atoms with Gasteiger partial charge in [-0.2, -0.15) is 0 Å². The summed E-state index contributed by atoms with van der Waals surface area (Å²) in [6.07, 6.45) is -25.4. The molecule has 0 saturated carbocycles. The second-order valence-corrected chi connectivity index (χ2v) is 17.1. The Labute approximate surface area is 334 Å². The molecule has 3 unspecified atom stereocenters. The number of aliphatic hydroxyl groups excluding tert-OH is 7. The van der Waals surface area contributed by atoms with Crippen molar-refractivity contribution >= 4 is 41.2 Å². The lowest BCUT2D eigenvalue weighted by atomic mass is 9.97. The number of aliphatic hydroxyl groups is 7. The first kappa shape index (κ1) is 51.6. The average molecular weight is 922 g/mol. The van der Waals surface area contributed by atoms with Crippen LogP contribution in [0.15, 0.2) is 0 Å². The third kappa shape index (κ3) is 14.4. The highest BCUT2D eigenvalue weighted by molar-refractivity contribution is 7.46. The Bertz CT molecular complexity index is 1570. The fourth-order valence-electron chi connectivity index (χ4n) is 5.93. The molecule has 0 bridgehead atoms. The summed E-state index contributed by atoms with van der Waals surface area (Å²) in [6, 6.07) is -5.85. The monoisotopic (exact) mass is 921 g/mol. The maximum atomic E-state index is 13.3. The Morgan fingerprint density at radius 1 is 0.576 bits per heavy atom. The average Bonchev–Trinajstić information content (AvgIpc) is 3.12. The van der Waals surface area contributed by atoms with Crippen LogP contribution in [0.25, 0.3) is 0 Å². The van der Waals surface area contributed by atoms with Gasteiger partial charge in [-0.05, 0) is 13.0 Å². The van der Waals surface area contributed by atoms with E-state index >= 15 is 0 Å². The van der Waals surface area contributed by atoms with Crippen LogP contribution in [-0.4, -0.2) is 178 Å². The molecule has 3 rings (SSSR count). The lowest BCUT2D eigenvalue weighted by molar-refractivity contribution is -0.312. The van der Waals surface area contributed by atoms with Gasteiger partial charge in [0.15, 0.2) is 18.9 Å². The van der Waals surface area contributed by atoms with Gasteiger partial charge in [-0.3, -0.25) is 41.6 Å². The topological polar surface area (TPSA) is 458 Å². The number of nitrogens with two attached hydrogens (primary N) is 1. The molecule has 3 heterocycles. The number of ether oxygens (including phenoxy) is 3. The Balaban J connectivity index is 1.85. The van der Waals surface area contributed by atoms with Gasteiger partial charge in [0.05, 0.1) is 26.4 Å². The van der Waals surface area contributed by atoms with Gasteiger partial charge in [-0.15, -0.1) is 0 Å². The Morgan fingerprint density at radius 2 is 0.915 bits per heavy atom. The van der Waals surface area contributed by atoms with Gasteiger partial charge in [0.1, 0.15) is 73.1 Å². The van der Waals surface area contributed by atoms with Crippen LogP contribution < -0.4 is 36.4 Å². The molecule has 3 aliphatic rings. The number of amides is 3. The van der Waals surface area contributed by atoms with Crippen molar-refractivity contribution in [2.45, 2.75) is 119 Å². The molecular weight excluding hydrogens is 873 g/mol. The molecule has 12 N–H and O–H groups in total. The Morgan fingerprint density at radius 3 is 1.25 bits per heavy atom. The minimum Gasteiger partial charge on any atom is -0.756 e. The molecule has 3 saturated heterocycles. The third-order valence-corrected chi connectivity index (χ3v) is 11.4. The highest BCUT2D eigenvalue weighted by atomic mass is 31.2. The normalized spacial score (nSPS) is 38.2. The number of hydrogen-bond acceptors (Lipinski definition) is 26. The van der Waals surface area contributed by atoms with E-state index in [1.807, 2.05) is 5.32 Å². The predicted octanol–water partition coefficient (Wildman–Crippen LogP) is -8.31. The summed E-state index contributed by atoms with van der Waals surface area (Å²) in [5, 5.41) is 78.8. The van der Waals surface area contributed by atoms with Crippen LogP contribution in [-0.2, 0) is 69.4 Å². The smallest absolute Gasteiger partial charge is 0.270 e. The van der Waals surface area contributed by atoms with Gasteiger partial charge < -0.3 is 99.9 Å². The second-order valence-electron chi connectivity index (χ2n) is 13.1. The van der Waals surface area contributed by atoms with Crippen LogP contribution in [0, 0.1) is 0 Å². The fourth-order valence-corrected chi connectivity index (χ4v) is 8.87. The molecule has 29 nitrogen and oxygen atoms in total. The van der Waals surface area contributed by atoms with Gasteiger partial charge in [-0.1, -0.05) is 0 Å². The molecule has 3 aliphatic heterocycles. The lowest BCUT2D eigenvalue weighted by Gasteiger charge is -2.48. The van der Waals surface area contributed by atoms with Crippen molar-refractivity contribution in [3.63, 3.8) is 0 Å². The van der Waals surface area contributed by atoms with Crippen molar-refractivity contribution in [2.75, 3.05) is 33.0 Å². The summed E-state index contributed by atoms with van der Waals surface area (Å²) in [5.74, 6) is -2.80. The van der Waals surface area contributed by atoms with E-state index in [0.717, 1.165) is 20.8 Å². The highest BCUT2D eigenvalue weighted by Crippen LogP contribution is 2.50. The van der Waals surface area contributed by atoms with Crippen LogP contribution in [0.5, 0.6) is 0 Å². The minimum atomic E-state index is -6.00. The molecular formula is C27H48N4O25P3-3. The summed E-state index contributed by atoms with van der Waals surface area (Å²) in [6.45, 7) is -1.11. The second kappa shape index (κ2) is 22.1. The Hall–Kier alpha value is -1.70. The molecule has 344 valence electrons. The van der Waals surface area contributed by atoms with Crippen LogP contribution in [0.1, 0.15) is 27.2 Å². The number of rotatable bonds is 20. The maximum Gasteiger partial charge on any atom is 0.270 e. The molecule has 18 atom stereocenters. The first-order valence-electron chi connectivity index (χ1n) is 17.4. The Kier molecular flexibility index (Phi) is 19.3. The molecule has 59 heavy (non-hydrogen) atoms. The van der Waals surface area contributed by atoms with E-state index in [1.165, 1.54) is 0 Å². The van der Waals surface area contributed by atoms with Crippen LogP contribution in [0.4, 0.5) is 0 Å². The fraction of sp³-hybridized carbons (Fsp3) is 0.889. The third-order valence-electron chi connectivity index (χ3n) is 8.50. The van der Waals surface area contributed by atoms with Crippen molar-refractivity contribution in [1.82, 2.24) is 16.0 Å². The summed E-state index contributed by atoms with van der Waals surface area (Å²) in [4.78, 5) is 74.7. The first-order chi connectivity index (χ1) is 27.4. The van der Waals surface area contributed by atoms with E-state index in [9.17, 15) is 78.5 Å². The van der Waals surface area contributed by atoms with Crippen molar-refractivity contribution in [2.24, 2.45) is 5.73 Å². The molecule has 3 amide bonds. The molecule has 3 fully saturated rings. The SMILES string of the molecule is CC(=O)N[C@H]1[C@@H](OP(=O)([O-])OCCCN)O[C@H](CO)[C@@H](OP(=O)([O-])O[C@H]2O[C@H](CO)[C@@H](OP(=O)([O-])O[C@H]3O[C@H](CO)[C@@H](O)[C@H](O)[C@H]3NC(C)=O)[C@H](O)[C@H]2NC(C)=O)[C@@H]1O. The highest BCUT2D eigenvalue weighted by Gasteiger charge is 2.53. The minimum absolute atomic E-state index is 0.0317. The zero-order valence-electron chi connectivity index (χ0n) is 31.3. The quantitative estimate of drug-likeness (QED) is 0.0399. The molecule has 0 spiro atoms. The van der Waals surface area contributed by atoms with E-state index in [4.69, 9.17) is 42.6 Å². The summed E-state index contributed by atoms with van der Waals surface area (Å²) in [5.41, 5.74) is 5.30. The summed E-state index contributed by atoms with van der Waals surface area (Å²) in [7, 11) is -17.1. The van der Waals surface area contributed by atoms with Crippen LogP contribution >= 0.6 is 23.5 Å². The van der Waals surface area contributed by atoms with E-state index in [1.54, 1.807) is 0 Å². The van der Waals surface area contributed by atoms with Crippen molar-refractivity contribution in [3.05, 3.63) is 0 Å². The zero-order valence-corrected chi connectivity index (χ0v) is 34.0. The molecule has 0 aromatic rings. The number of hydrogen-bond donors (Lipinski definition) is 11. The number of phosphoric ester groups is 3. The number of phosphoric acid groups is 3. The standard InChI is InChI=1S/C27H51N4O25P3/c1-10(35)29-16-20(39)19(38)13(7-32)49-25(16)55-58(44,45)52-24-15(9-34)51-27(18(22(24)41)31-12(3)37)56-59(46,47)53-23-14(8-33)50-26(17(21(23)40)30-11(2)36)54-57(42,43)48-6-4-5-28/h13-27,32-34,38-41H,4-9,28H2,1-3H3,(H,29,35)(H,30,36)(H,31,37)(H,42,43)(H,44,45)(H,46,47)/p-3/t13-,14-,15-,16-,17-,18-,19-,20-,21-,22-,23-,24-,25-,26-,27-/m1/s1. The van der Waals surface area contributed by atoms with Gasteiger partial charge in [0, 0.05) is 20.8 Å². The summed E-state index contributed by atoms with van der Waals surface area (Å²) >= 11 is 0. The molecule has 0 aromatic heterocycles. The molecule has 32 heteroatoms. The maximum absolute atomic E-state index is 13.3. The van der Waals surface area contributed by atoms with Gasteiger partial charge in [0.25, 0.3) is 23.5 Å². The van der Waals surface area contributed by atoms with Crippen LogP contribution in [0.2, 0.25) is 0 Å². The number of nitrogens with one attached hydrogen (secondary N) is 3. The van der Waals surface area contributed by atoms with Gasteiger partial charge >= 0.3 is 0 Å². The number of carbonyl (C=O) groups is 3. The lowest BCUT2D eigenvalue weighted by Crippen LogP contribution is -2.66. The predicted molar refractivity (Wildman–Crippen MR) is 180 cm³/mol. The van der Waals surface area contributed by atoms with Gasteiger partial charge in [0.2, 0.25) is 17.7 Å². The van der Waals surface area contributed by atoms with Crippen molar-refractivity contribution < 1.29 is 120 Å². The van der Waals surface area contributed by atoms with Crippen LogP contribution in [0.3, 0.4) is 0 Å². The van der Waals surface area contributed by atoms with Crippen molar-refractivity contribution in [3.8, 4) is 0 Å². The summed E-state index contributed by atoms with van der Waals surface area (Å²) < 4.78 is 83.9.